The second-order valence-corrected chi connectivity index (χ2v) is 6.24. The van der Waals surface area contributed by atoms with Crippen LogP contribution in [0.2, 0.25) is 0 Å². The number of carbonyl (C=O) groups excluding carboxylic acids is 2. The second-order valence-electron chi connectivity index (χ2n) is 5.08. The number of nitrogens with zero attached hydrogens (tertiary/aromatic N) is 1. The molecule has 3 N–H and O–H groups in total. The summed E-state index contributed by atoms with van der Waals surface area (Å²) in [6.45, 7) is 3.85. The Morgan fingerprint density at radius 2 is 1.73 bits per heavy atom. The number of amides is 3. The number of hydrogen-bond donors (Lipinski definition) is 3. The van der Waals surface area contributed by atoms with Crippen LogP contribution in [-0.2, 0) is 0 Å². The summed E-state index contributed by atoms with van der Waals surface area (Å²) in [7, 11) is 0. The van der Waals surface area contributed by atoms with Crippen molar-refractivity contribution in [2.75, 3.05) is 17.2 Å². The van der Waals surface area contributed by atoms with Gasteiger partial charge in [0.05, 0.1) is 10.5 Å². The lowest BCUT2D eigenvalue weighted by molar-refractivity contribution is -0.384. The number of nitro benzene ring substituents is 1. The van der Waals surface area contributed by atoms with Gasteiger partial charge in [0.25, 0.3) is 11.6 Å². The van der Waals surface area contributed by atoms with Crippen LogP contribution in [0, 0.1) is 13.7 Å². The number of nitrogens with one attached hydrogen (secondary N) is 3. The summed E-state index contributed by atoms with van der Waals surface area (Å²) in [6.07, 6.45) is 1.56. The number of nitro groups is 1. The van der Waals surface area contributed by atoms with E-state index >= 15 is 0 Å². The zero-order valence-corrected chi connectivity index (χ0v) is 15.6. The molecule has 9 heteroatoms. The topological polar surface area (TPSA) is 113 Å². The van der Waals surface area contributed by atoms with Crippen LogP contribution in [0.15, 0.2) is 55.1 Å². The van der Waals surface area contributed by atoms with Crippen molar-refractivity contribution < 1.29 is 14.5 Å². The molecular formula is C17H15IN4O4. The van der Waals surface area contributed by atoms with E-state index in [2.05, 4.69) is 22.5 Å². The molecule has 3 amide bonds. The van der Waals surface area contributed by atoms with Crippen molar-refractivity contribution in [3.05, 3.63) is 74.4 Å². The Balaban J connectivity index is 2.06. The number of anilines is 2. The third-order valence-corrected chi connectivity index (χ3v) is 4.15. The average molecular weight is 466 g/mol. The Hall–Kier alpha value is -2.95. The van der Waals surface area contributed by atoms with Crippen molar-refractivity contribution in [3.63, 3.8) is 0 Å². The van der Waals surface area contributed by atoms with E-state index in [1.807, 2.05) is 22.6 Å². The summed E-state index contributed by atoms with van der Waals surface area (Å²) in [5, 5.41) is 18.7. The molecule has 0 saturated heterocycles. The minimum atomic E-state index is -0.551. The maximum absolute atomic E-state index is 12.4. The molecule has 8 nitrogen and oxygen atoms in total. The van der Waals surface area contributed by atoms with E-state index in [0.717, 1.165) is 0 Å². The quantitative estimate of drug-likeness (QED) is 0.260. The number of benzene rings is 2. The normalized spacial score (nSPS) is 9.88. The first-order chi connectivity index (χ1) is 12.4. The minimum Gasteiger partial charge on any atom is -0.334 e. The molecule has 26 heavy (non-hydrogen) atoms. The van der Waals surface area contributed by atoms with Crippen LogP contribution in [0.3, 0.4) is 0 Å². The third-order valence-electron chi connectivity index (χ3n) is 3.21. The molecule has 2 rings (SSSR count). The average Bonchev–Trinajstić information content (AvgIpc) is 2.61. The first-order valence-corrected chi connectivity index (χ1v) is 8.49. The van der Waals surface area contributed by atoms with E-state index in [0.29, 0.717) is 21.5 Å². The molecule has 0 heterocycles. The van der Waals surface area contributed by atoms with Crippen LogP contribution in [0.1, 0.15) is 10.4 Å². The third kappa shape index (κ3) is 5.28. The van der Waals surface area contributed by atoms with Gasteiger partial charge in [0, 0.05) is 33.6 Å². The van der Waals surface area contributed by atoms with Gasteiger partial charge in [-0.25, -0.2) is 4.79 Å². The van der Waals surface area contributed by atoms with E-state index in [9.17, 15) is 19.7 Å². The van der Waals surface area contributed by atoms with Crippen LogP contribution < -0.4 is 16.0 Å². The van der Waals surface area contributed by atoms with Gasteiger partial charge in [-0.2, -0.15) is 0 Å². The van der Waals surface area contributed by atoms with E-state index in [1.165, 1.54) is 18.2 Å². The summed E-state index contributed by atoms with van der Waals surface area (Å²) in [5.41, 5.74) is 1.11. The highest BCUT2D eigenvalue weighted by Gasteiger charge is 2.15. The monoisotopic (exact) mass is 466 g/mol. The van der Waals surface area contributed by atoms with Gasteiger partial charge in [-0.1, -0.05) is 6.08 Å². The number of urea groups is 1. The van der Waals surface area contributed by atoms with Gasteiger partial charge in [0.2, 0.25) is 0 Å². The van der Waals surface area contributed by atoms with E-state index in [1.54, 1.807) is 30.3 Å². The molecule has 0 aliphatic carbocycles. The molecule has 2 aromatic carbocycles. The summed E-state index contributed by atoms with van der Waals surface area (Å²) >= 11 is 1.94. The number of hydrogen-bond acceptors (Lipinski definition) is 4. The summed E-state index contributed by atoms with van der Waals surface area (Å²) in [5.74, 6) is -0.456. The van der Waals surface area contributed by atoms with Crippen molar-refractivity contribution in [2.24, 2.45) is 0 Å². The molecule has 0 saturated carbocycles. The Kier molecular flexibility index (Phi) is 6.67. The van der Waals surface area contributed by atoms with Crippen molar-refractivity contribution >= 4 is 51.6 Å². The molecule has 0 atom stereocenters. The van der Waals surface area contributed by atoms with E-state index < -0.39 is 10.8 Å². The second kappa shape index (κ2) is 8.94. The largest absolute Gasteiger partial charge is 0.334 e. The molecule has 0 aliphatic heterocycles. The fourth-order valence-corrected chi connectivity index (χ4v) is 2.56. The smallest absolute Gasteiger partial charge is 0.319 e. The molecular weight excluding hydrogens is 451 g/mol. The van der Waals surface area contributed by atoms with Crippen LogP contribution in [0.5, 0.6) is 0 Å². The fourth-order valence-electron chi connectivity index (χ4n) is 1.98. The maximum Gasteiger partial charge on any atom is 0.319 e. The van der Waals surface area contributed by atoms with Gasteiger partial charge in [-0.3, -0.25) is 14.9 Å². The Bertz CT molecular complexity index is 852. The number of halogens is 1. The van der Waals surface area contributed by atoms with Gasteiger partial charge in [0.1, 0.15) is 0 Å². The number of rotatable bonds is 6. The zero-order valence-electron chi connectivity index (χ0n) is 13.5. The molecule has 134 valence electrons. The van der Waals surface area contributed by atoms with Gasteiger partial charge < -0.3 is 16.0 Å². The first kappa shape index (κ1) is 19.4. The maximum atomic E-state index is 12.4. The number of non-ortho nitro benzene ring substituents is 1. The van der Waals surface area contributed by atoms with Gasteiger partial charge in [-0.15, -0.1) is 6.58 Å². The standard InChI is InChI=1S/C17H15IN4O4/c1-2-9-19-17(24)21-12-5-3-11(4-6-12)20-16(23)14-10-13(22(25)26)7-8-15(14)18/h2-8,10H,1,9H2,(H,20,23)(H2,19,21,24). The molecule has 0 fully saturated rings. The lowest BCUT2D eigenvalue weighted by atomic mass is 10.2. The lowest BCUT2D eigenvalue weighted by Crippen LogP contribution is -2.28. The van der Waals surface area contributed by atoms with Crippen molar-refractivity contribution in [1.29, 1.82) is 0 Å². The highest BCUT2D eigenvalue weighted by atomic mass is 127. The Labute approximate surface area is 163 Å². The summed E-state index contributed by atoms with van der Waals surface area (Å²) in [6, 6.07) is 10.2. The van der Waals surface area contributed by atoms with Gasteiger partial charge in [0.15, 0.2) is 0 Å². The zero-order chi connectivity index (χ0) is 19.1. The Morgan fingerprint density at radius 3 is 2.31 bits per heavy atom. The molecule has 0 unspecified atom stereocenters. The first-order valence-electron chi connectivity index (χ1n) is 7.42. The van der Waals surface area contributed by atoms with Crippen molar-refractivity contribution in [3.8, 4) is 0 Å². The lowest BCUT2D eigenvalue weighted by Gasteiger charge is -2.09. The predicted molar refractivity (Wildman–Crippen MR) is 107 cm³/mol. The van der Waals surface area contributed by atoms with Gasteiger partial charge in [-0.05, 0) is 52.9 Å². The predicted octanol–water partition coefficient (Wildman–Crippen LogP) is 3.76. The highest BCUT2D eigenvalue weighted by molar-refractivity contribution is 14.1. The van der Waals surface area contributed by atoms with Gasteiger partial charge >= 0.3 is 6.03 Å². The summed E-state index contributed by atoms with van der Waals surface area (Å²) < 4.78 is 0.600. The molecule has 0 spiro atoms. The Morgan fingerprint density at radius 1 is 1.12 bits per heavy atom. The SMILES string of the molecule is C=CCNC(=O)Nc1ccc(NC(=O)c2cc([N+](=O)[O-])ccc2I)cc1. The molecule has 0 radical (unpaired) electrons. The number of carbonyl (C=O) groups is 2. The van der Waals surface area contributed by atoms with Crippen LogP contribution >= 0.6 is 22.6 Å². The van der Waals surface area contributed by atoms with E-state index in [4.69, 9.17) is 0 Å². The molecule has 0 aliphatic rings. The molecule has 0 aromatic heterocycles. The van der Waals surface area contributed by atoms with Crippen LogP contribution in [0.4, 0.5) is 21.9 Å². The van der Waals surface area contributed by atoms with Crippen LogP contribution in [0.25, 0.3) is 0 Å². The minimum absolute atomic E-state index is 0.152. The fraction of sp³-hybridized carbons (Fsp3) is 0.0588. The van der Waals surface area contributed by atoms with Crippen LogP contribution in [-0.4, -0.2) is 23.4 Å². The summed E-state index contributed by atoms with van der Waals surface area (Å²) in [4.78, 5) is 34.2. The molecule has 0 bridgehead atoms. The van der Waals surface area contributed by atoms with E-state index in [-0.39, 0.29) is 17.3 Å². The highest BCUT2D eigenvalue weighted by Crippen LogP contribution is 2.21. The molecule has 2 aromatic rings. The van der Waals surface area contributed by atoms with Crippen molar-refractivity contribution in [2.45, 2.75) is 0 Å². The van der Waals surface area contributed by atoms with Crippen molar-refractivity contribution in [1.82, 2.24) is 5.32 Å².